The van der Waals surface area contributed by atoms with Crippen molar-refractivity contribution in [3.8, 4) is 11.9 Å². The Balaban J connectivity index is 0.00000441. The number of rotatable bonds is 9. The third-order valence-corrected chi connectivity index (χ3v) is 3.95. The van der Waals surface area contributed by atoms with Crippen LogP contribution in [0.25, 0.3) is 0 Å². The zero-order valence-corrected chi connectivity index (χ0v) is 16.5. The standard InChI is InChI=1S/C12H19ClN2O5S.Na/c1-19-11-9(10(13)14-12(15-11)20-2)7-5-3-4-6-8-21(16,17)18;/h3-8H2,1-2H3,(H,16,17,18);/q;+1/p-1. The van der Waals surface area contributed by atoms with Gasteiger partial charge in [0.15, 0.2) is 0 Å². The van der Waals surface area contributed by atoms with E-state index in [4.69, 9.17) is 21.1 Å². The molecule has 0 unspecified atom stereocenters. The predicted molar refractivity (Wildman–Crippen MR) is 76.9 cm³/mol. The number of hydrogen-bond acceptors (Lipinski definition) is 7. The van der Waals surface area contributed by atoms with E-state index in [1.165, 1.54) is 14.2 Å². The van der Waals surface area contributed by atoms with E-state index in [0.717, 1.165) is 12.8 Å². The van der Waals surface area contributed by atoms with Crippen LogP contribution in [-0.2, 0) is 16.5 Å². The van der Waals surface area contributed by atoms with Crippen molar-refractivity contribution in [2.45, 2.75) is 32.1 Å². The topological polar surface area (TPSA) is 101 Å². The van der Waals surface area contributed by atoms with Crippen molar-refractivity contribution >= 4 is 21.7 Å². The van der Waals surface area contributed by atoms with Crippen molar-refractivity contribution in [2.24, 2.45) is 0 Å². The van der Waals surface area contributed by atoms with E-state index < -0.39 is 10.1 Å². The quantitative estimate of drug-likeness (QED) is 0.236. The van der Waals surface area contributed by atoms with E-state index in [1.807, 2.05) is 0 Å². The Morgan fingerprint density at radius 2 is 1.73 bits per heavy atom. The zero-order chi connectivity index (χ0) is 15.9. The van der Waals surface area contributed by atoms with Crippen LogP contribution in [0.1, 0.15) is 31.2 Å². The molecule has 120 valence electrons. The van der Waals surface area contributed by atoms with Crippen molar-refractivity contribution in [1.29, 1.82) is 0 Å². The number of hydrogen-bond donors (Lipinski definition) is 0. The van der Waals surface area contributed by atoms with Crippen LogP contribution in [0.15, 0.2) is 0 Å². The molecule has 0 saturated heterocycles. The third-order valence-electron chi connectivity index (χ3n) is 2.85. The van der Waals surface area contributed by atoms with Crippen LogP contribution in [0.4, 0.5) is 0 Å². The summed E-state index contributed by atoms with van der Waals surface area (Å²) in [5.41, 5.74) is 0.691. The van der Waals surface area contributed by atoms with Gasteiger partial charge in [-0.1, -0.05) is 24.4 Å². The molecule has 0 radical (unpaired) electrons. The molecule has 1 aromatic heterocycles. The molecule has 0 atom stereocenters. The van der Waals surface area contributed by atoms with Crippen LogP contribution in [0, 0.1) is 0 Å². The molecule has 1 heterocycles. The Morgan fingerprint density at radius 1 is 1.09 bits per heavy atom. The Hall–Kier alpha value is -0.120. The van der Waals surface area contributed by atoms with E-state index in [1.54, 1.807) is 0 Å². The van der Waals surface area contributed by atoms with E-state index in [2.05, 4.69) is 9.97 Å². The molecule has 0 aliphatic heterocycles. The minimum atomic E-state index is -4.11. The molecule has 0 bridgehead atoms. The predicted octanol–water partition coefficient (Wildman–Crippen LogP) is -1.20. The Kier molecular flexibility index (Phi) is 10.6. The fourth-order valence-corrected chi connectivity index (χ4v) is 2.63. The molecule has 0 fully saturated rings. The van der Waals surface area contributed by atoms with Crippen LogP contribution in [0.3, 0.4) is 0 Å². The number of methoxy groups -OCH3 is 2. The largest absolute Gasteiger partial charge is 1.00 e. The summed E-state index contributed by atoms with van der Waals surface area (Å²) in [6, 6.07) is 0.140. The summed E-state index contributed by atoms with van der Waals surface area (Å²) in [6.07, 6.45) is 3.19. The summed E-state index contributed by atoms with van der Waals surface area (Å²) in [4.78, 5) is 8.04. The van der Waals surface area contributed by atoms with Gasteiger partial charge in [-0.2, -0.15) is 9.97 Å². The summed E-state index contributed by atoms with van der Waals surface area (Å²) in [7, 11) is -1.19. The average Bonchev–Trinajstić information content (AvgIpc) is 2.42. The van der Waals surface area contributed by atoms with Crippen molar-refractivity contribution in [3.63, 3.8) is 0 Å². The number of ether oxygens (including phenoxy) is 2. The fourth-order valence-electron chi connectivity index (χ4n) is 1.82. The summed E-state index contributed by atoms with van der Waals surface area (Å²) >= 11 is 6.06. The van der Waals surface area contributed by atoms with Crippen LogP contribution < -0.4 is 39.0 Å². The molecule has 0 spiro atoms. The minimum absolute atomic E-state index is 0. The molecular weight excluding hydrogens is 343 g/mol. The second-order valence-corrected chi connectivity index (χ2v) is 6.30. The fraction of sp³-hybridized carbons (Fsp3) is 0.667. The SMILES string of the molecule is COc1nc(Cl)c(CCCCCCS(=O)(=O)[O-])c(OC)n1.[Na+]. The number of halogens is 1. The summed E-state index contributed by atoms with van der Waals surface area (Å²) in [6.45, 7) is 0. The monoisotopic (exact) mass is 360 g/mol. The van der Waals surface area contributed by atoms with Gasteiger partial charge in [-0.3, -0.25) is 0 Å². The van der Waals surface area contributed by atoms with Gasteiger partial charge in [0.2, 0.25) is 5.88 Å². The Morgan fingerprint density at radius 3 is 2.27 bits per heavy atom. The first-order valence-corrected chi connectivity index (χ1v) is 8.41. The van der Waals surface area contributed by atoms with Gasteiger partial charge in [0.1, 0.15) is 5.15 Å². The normalized spacial score (nSPS) is 10.9. The maximum Gasteiger partial charge on any atom is 1.00 e. The van der Waals surface area contributed by atoms with E-state index >= 15 is 0 Å². The van der Waals surface area contributed by atoms with Gasteiger partial charge in [-0.05, 0) is 19.3 Å². The maximum absolute atomic E-state index is 10.5. The molecule has 10 heteroatoms. The van der Waals surface area contributed by atoms with Gasteiger partial charge in [0, 0.05) is 5.75 Å². The molecule has 0 aromatic carbocycles. The first-order valence-electron chi connectivity index (χ1n) is 6.45. The zero-order valence-electron chi connectivity index (χ0n) is 13.0. The van der Waals surface area contributed by atoms with Crippen LogP contribution in [0.2, 0.25) is 5.15 Å². The van der Waals surface area contributed by atoms with E-state index in [-0.39, 0.29) is 46.5 Å². The van der Waals surface area contributed by atoms with Crippen LogP contribution >= 0.6 is 11.6 Å². The van der Waals surface area contributed by atoms with Gasteiger partial charge < -0.3 is 14.0 Å². The third kappa shape index (κ3) is 7.94. The van der Waals surface area contributed by atoms with Gasteiger partial charge in [0.25, 0.3) is 0 Å². The molecule has 0 aliphatic rings. The second-order valence-electron chi connectivity index (χ2n) is 4.41. The van der Waals surface area contributed by atoms with Crippen LogP contribution in [0.5, 0.6) is 11.9 Å². The van der Waals surface area contributed by atoms with Crippen molar-refractivity contribution < 1.29 is 52.0 Å². The van der Waals surface area contributed by atoms with Crippen molar-refractivity contribution in [2.75, 3.05) is 20.0 Å². The average molecular weight is 361 g/mol. The van der Waals surface area contributed by atoms with Gasteiger partial charge in [-0.25, -0.2) is 8.42 Å². The van der Waals surface area contributed by atoms with Crippen molar-refractivity contribution in [3.05, 3.63) is 10.7 Å². The minimum Gasteiger partial charge on any atom is -0.748 e. The van der Waals surface area contributed by atoms with E-state index in [0.29, 0.717) is 30.7 Å². The molecule has 1 aromatic rings. The Labute approximate surface area is 157 Å². The number of nitrogens with zero attached hydrogens (tertiary/aromatic N) is 2. The van der Waals surface area contributed by atoms with E-state index in [9.17, 15) is 13.0 Å². The molecule has 22 heavy (non-hydrogen) atoms. The second kappa shape index (κ2) is 10.6. The first kappa shape index (κ1) is 21.9. The smallest absolute Gasteiger partial charge is 0.748 e. The molecular formula is C12H18ClN2NaO5S. The van der Waals surface area contributed by atoms with Crippen molar-refractivity contribution in [1.82, 2.24) is 9.97 Å². The number of aromatic nitrogens is 2. The first-order chi connectivity index (χ1) is 9.87. The summed E-state index contributed by atoms with van der Waals surface area (Å²) in [5.74, 6) is 0.0527. The molecule has 0 saturated carbocycles. The molecule has 0 aliphatic carbocycles. The molecule has 0 amide bonds. The summed E-state index contributed by atoms with van der Waals surface area (Å²) < 4.78 is 41.4. The van der Waals surface area contributed by atoms with Crippen LogP contribution in [-0.4, -0.2) is 42.9 Å². The van der Waals surface area contributed by atoms with Gasteiger partial charge >= 0.3 is 35.6 Å². The summed E-state index contributed by atoms with van der Waals surface area (Å²) in [5, 5.41) is 0.279. The molecule has 0 N–H and O–H groups in total. The number of unbranched alkanes of at least 4 members (excludes halogenated alkanes) is 3. The van der Waals surface area contributed by atoms with Gasteiger partial charge in [0.05, 0.1) is 29.9 Å². The molecule has 1 rings (SSSR count). The Bertz CT molecular complexity index is 571. The maximum atomic E-state index is 10.5. The molecule has 7 nitrogen and oxygen atoms in total. The van der Waals surface area contributed by atoms with Gasteiger partial charge in [-0.15, -0.1) is 0 Å².